The van der Waals surface area contributed by atoms with Gasteiger partial charge in [-0.15, -0.1) is 0 Å². The molecular formula is C13H19N7O. The summed E-state index contributed by atoms with van der Waals surface area (Å²) >= 11 is 0. The third-order valence-corrected chi connectivity index (χ3v) is 3.67. The molecule has 2 aromatic rings. The lowest BCUT2D eigenvalue weighted by Gasteiger charge is -2.22. The summed E-state index contributed by atoms with van der Waals surface area (Å²) < 4.78 is 1.57. The van der Waals surface area contributed by atoms with Gasteiger partial charge < -0.3 is 15.7 Å². The summed E-state index contributed by atoms with van der Waals surface area (Å²) in [6.45, 7) is 0.443. The van der Waals surface area contributed by atoms with E-state index in [1.165, 1.54) is 0 Å². The van der Waals surface area contributed by atoms with Crippen molar-refractivity contribution in [3.8, 4) is 5.95 Å². The number of aliphatic hydroxyl groups is 1. The maximum Gasteiger partial charge on any atom is 0.257 e. The van der Waals surface area contributed by atoms with Gasteiger partial charge in [0.05, 0.1) is 5.60 Å². The molecule has 0 amide bonds. The number of rotatable bonds is 5. The molecule has 0 aromatic carbocycles. The van der Waals surface area contributed by atoms with Crippen LogP contribution in [-0.2, 0) is 0 Å². The first-order chi connectivity index (χ1) is 10.2. The Hall–Kier alpha value is -2.22. The summed E-state index contributed by atoms with van der Waals surface area (Å²) in [7, 11) is 1.75. The van der Waals surface area contributed by atoms with Crippen molar-refractivity contribution in [1.29, 1.82) is 0 Å². The average Bonchev–Trinajstić information content (AvgIpc) is 3.17. The molecule has 2 heterocycles. The van der Waals surface area contributed by atoms with E-state index in [1.807, 2.05) is 0 Å². The van der Waals surface area contributed by atoms with Gasteiger partial charge in [-0.2, -0.15) is 20.1 Å². The zero-order chi connectivity index (χ0) is 14.7. The Bertz CT molecular complexity index is 593. The Balaban J connectivity index is 1.79. The number of nitrogens with zero attached hydrogens (tertiary/aromatic N) is 5. The van der Waals surface area contributed by atoms with E-state index in [0.29, 0.717) is 24.4 Å². The first kappa shape index (κ1) is 13.7. The van der Waals surface area contributed by atoms with Crippen LogP contribution in [0.15, 0.2) is 18.5 Å². The monoisotopic (exact) mass is 289 g/mol. The molecule has 1 fully saturated rings. The molecule has 0 saturated heterocycles. The first-order valence-corrected chi connectivity index (χ1v) is 7.09. The van der Waals surface area contributed by atoms with Crippen LogP contribution in [0.4, 0.5) is 11.9 Å². The van der Waals surface area contributed by atoms with Gasteiger partial charge in [0.2, 0.25) is 11.9 Å². The zero-order valence-electron chi connectivity index (χ0n) is 12.0. The highest BCUT2D eigenvalue weighted by molar-refractivity contribution is 5.37. The van der Waals surface area contributed by atoms with Crippen LogP contribution < -0.4 is 10.6 Å². The molecule has 0 atom stereocenters. The van der Waals surface area contributed by atoms with Crippen LogP contribution >= 0.6 is 0 Å². The van der Waals surface area contributed by atoms with E-state index in [0.717, 1.165) is 25.7 Å². The van der Waals surface area contributed by atoms with Crippen LogP contribution in [0.5, 0.6) is 0 Å². The van der Waals surface area contributed by atoms with Crippen molar-refractivity contribution in [3.05, 3.63) is 18.5 Å². The van der Waals surface area contributed by atoms with Crippen molar-refractivity contribution in [2.45, 2.75) is 31.3 Å². The summed E-state index contributed by atoms with van der Waals surface area (Å²) in [4.78, 5) is 12.8. The fourth-order valence-corrected chi connectivity index (χ4v) is 2.50. The highest BCUT2D eigenvalue weighted by Gasteiger charge is 2.31. The summed E-state index contributed by atoms with van der Waals surface area (Å²) in [6.07, 6.45) is 7.19. The Morgan fingerprint density at radius 3 is 2.67 bits per heavy atom. The molecule has 1 aliphatic rings. The topological polar surface area (TPSA) is 101 Å². The van der Waals surface area contributed by atoms with Gasteiger partial charge in [-0.05, 0) is 18.9 Å². The second-order valence-corrected chi connectivity index (χ2v) is 5.27. The van der Waals surface area contributed by atoms with Gasteiger partial charge in [0.1, 0.15) is 0 Å². The second-order valence-electron chi connectivity index (χ2n) is 5.27. The van der Waals surface area contributed by atoms with Gasteiger partial charge in [0, 0.05) is 26.0 Å². The van der Waals surface area contributed by atoms with Crippen molar-refractivity contribution in [1.82, 2.24) is 24.7 Å². The standard InChI is InChI=1S/C13H19N7O/c1-14-10-17-11(15-9-13(21)5-2-3-6-13)19-12(18-10)20-8-4-7-16-20/h4,7-8,21H,2-3,5-6,9H2,1H3,(H2,14,15,17,18,19). The maximum absolute atomic E-state index is 10.4. The van der Waals surface area contributed by atoms with E-state index >= 15 is 0 Å². The molecule has 0 spiro atoms. The van der Waals surface area contributed by atoms with Gasteiger partial charge in [0.25, 0.3) is 5.95 Å². The van der Waals surface area contributed by atoms with Crippen molar-refractivity contribution in [3.63, 3.8) is 0 Å². The van der Waals surface area contributed by atoms with E-state index in [1.54, 1.807) is 30.2 Å². The largest absolute Gasteiger partial charge is 0.388 e. The summed E-state index contributed by atoms with van der Waals surface area (Å²) in [6, 6.07) is 1.80. The van der Waals surface area contributed by atoms with Crippen LogP contribution in [0.1, 0.15) is 25.7 Å². The second kappa shape index (κ2) is 5.65. The van der Waals surface area contributed by atoms with Crippen molar-refractivity contribution in [2.75, 3.05) is 24.2 Å². The molecule has 1 saturated carbocycles. The molecule has 3 rings (SSSR count). The van der Waals surface area contributed by atoms with Gasteiger partial charge in [-0.3, -0.25) is 0 Å². The van der Waals surface area contributed by atoms with Gasteiger partial charge in [0.15, 0.2) is 0 Å². The van der Waals surface area contributed by atoms with E-state index in [-0.39, 0.29) is 0 Å². The lowest BCUT2D eigenvalue weighted by atomic mass is 10.0. The average molecular weight is 289 g/mol. The van der Waals surface area contributed by atoms with Crippen LogP contribution in [0.2, 0.25) is 0 Å². The van der Waals surface area contributed by atoms with Crippen molar-refractivity contribution < 1.29 is 5.11 Å². The maximum atomic E-state index is 10.4. The quantitative estimate of drug-likeness (QED) is 0.749. The fraction of sp³-hybridized carbons (Fsp3) is 0.538. The van der Waals surface area contributed by atoms with E-state index < -0.39 is 5.60 Å². The highest BCUT2D eigenvalue weighted by atomic mass is 16.3. The highest BCUT2D eigenvalue weighted by Crippen LogP contribution is 2.29. The number of aromatic nitrogens is 5. The van der Waals surface area contributed by atoms with Gasteiger partial charge >= 0.3 is 0 Å². The van der Waals surface area contributed by atoms with Gasteiger partial charge in [-0.1, -0.05) is 12.8 Å². The molecule has 8 nitrogen and oxygen atoms in total. The molecule has 2 aromatic heterocycles. The molecule has 21 heavy (non-hydrogen) atoms. The minimum absolute atomic E-state index is 0.431. The first-order valence-electron chi connectivity index (χ1n) is 7.09. The lowest BCUT2D eigenvalue weighted by molar-refractivity contribution is 0.0613. The minimum Gasteiger partial charge on any atom is -0.388 e. The SMILES string of the molecule is CNc1nc(NCC2(O)CCCC2)nc(-n2cccn2)n1. The predicted molar refractivity (Wildman–Crippen MR) is 78.4 cm³/mol. The zero-order valence-corrected chi connectivity index (χ0v) is 12.0. The molecule has 0 radical (unpaired) electrons. The molecule has 0 aliphatic heterocycles. The molecule has 8 heteroatoms. The normalized spacial score (nSPS) is 16.9. The minimum atomic E-state index is -0.654. The van der Waals surface area contributed by atoms with E-state index in [4.69, 9.17) is 0 Å². The number of anilines is 2. The van der Waals surface area contributed by atoms with E-state index in [9.17, 15) is 5.11 Å². The molecule has 3 N–H and O–H groups in total. The number of hydrogen-bond donors (Lipinski definition) is 3. The molecular weight excluding hydrogens is 270 g/mol. The predicted octanol–water partition coefficient (Wildman–Crippen LogP) is 0.816. The Morgan fingerprint density at radius 1 is 1.24 bits per heavy atom. The van der Waals surface area contributed by atoms with Crippen molar-refractivity contribution >= 4 is 11.9 Å². The Kier molecular flexibility index (Phi) is 3.70. The van der Waals surface area contributed by atoms with Crippen molar-refractivity contribution in [2.24, 2.45) is 0 Å². The summed E-state index contributed by atoms with van der Waals surface area (Å²) in [5.41, 5.74) is -0.654. The van der Waals surface area contributed by atoms with Crippen LogP contribution in [0.3, 0.4) is 0 Å². The van der Waals surface area contributed by atoms with Crippen LogP contribution in [0.25, 0.3) is 5.95 Å². The van der Waals surface area contributed by atoms with Gasteiger partial charge in [-0.25, -0.2) is 4.68 Å². The van der Waals surface area contributed by atoms with Crippen LogP contribution in [0, 0.1) is 0 Å². The third kappa shape index (κ3) is 3.10. The summed E-state index contributed by atoms with van der Waals surface area (Å²) in [5.74, 6) is 1.32. The molecule has 112 valence electrons. The summed E-state index contributed by atoms with van der Waals surface area (Å²) in [5, 5.41) is 20.5. The molecule has 0 unspecified atom stereocenters. The Morgan fingerprint density at radius 2 is 2.00 bits per heavy atom. The third-order valence-electron chi connectivity index (χ3n) is 3.67. The fourth-order valence-electron chi connectivity index (χ4n) is 2.50. The number of hydrogen-bond acceptors (Lipinski definition) is 7. The molecule has 0 bridgehead atoms. The van der Waals surface area contributed by atoms with E-state index in [2.05, 4.69) is 30.7 Å². The number of nitrogens with one attached hydrogen (secondary N) is 2. The lowest BCUT2D eigenvalue weighted by Crippen LogP contribution is -2.34. The smallest absolute Gasteiger partial charge is 0.257 e. The Labute approximate surface area is 122 Å². The molecule has 1 aliphatic carbocycles. The van der Waals surface area contributed by atoms with Crippen LogP contribution in [-0.4, -0.2) is 49.0 Å².